The fraction of sp³-hybridized carbons (Fsp3) is 0.824. The summed E-state index contributed by atoms with van der Waals surface area (Å²) >= 11 is 0. The minimum atomic E-state index is -0.784. The monoisotopic (exact) mass is 359 g/mol. The maximum absolute atomic E-state index is 11.9. The molecule has 0 radical (unpaired) electrons. The van der Waals surface area contributed by atoms with Crippen LogP contribution in [0.3, 0.4) is 0 Å². The molecule has 0 spiro atoms. The van der Waals surface area contributed by atoms with Gasteiger partial charge in [-0.05, 0) is 12.8 Å². The van der Waals surface area contributed by atoms with Gasteiger partial charge >= 0.3 is 17.9 Å². The van der Waals surface area contributed by atoms with E-state index in [0.717, 1.165) is 0 Å². The molecule has 1 rings (SSSR count). The Morgan fingerprint density at radius 1 is 0.920 bits per heavy atom. The second kappa shape index (κ2) is 12.7. The summed E-state index contributed by atoms with van der Waals surface area (Å²) in [5.74, 6) is -1.17. The smallest absolute Gasteiger partial charge is 0.320 e. The highest BCUT2D eigenvalue weighted by Gasteiger charge is 2.20. The zero-order valence-corrected chi connectivity index (χ0v) is 15.2. The molecule has 1 atom stereocenters. The van der Waals surface area contributed by atoms with Gasteiger partial charge < -0.3 is 18.9 Å². The summed E-state index contributed by atoms with van der Waals surface area (Å²) in [7, 11) is 0. The van der Waals surface area contributed by atoms with E-state index in [0.29, 0.717) is 45.6 Å². The molecular formula is C17H29NO7. The van der Waals surface area contributed by atoms with Crippen LogP contribution in [0.2, 0.25) is 0 Å². The molecule has 8 nitrogen and oxygen atoms in total. The third-order valence-corrected chi connectivity index (χ3v) is 3.52. The number of esters is 3. The lowest BCUT2D eigenvalue weighted by molar-refractivity contribution is -0.167. The van der Waals surface area contributed by atoms with Crippen LogP contribution >= 0.6 is 0 Å². The Labute approximate surface area is 148 Å². The maximum Gasteiger partial charge on any atom is 0.320 e. The zero-order valence-electron chi connectivity index (χ0n) is 15.2. The number of nitrogens with zero attached hydrogens (tertiary/aromatic N) is 1. The molecule has 1 saturated heterocycles. The van der Waals surface area contributed by atoms with Gasteiger partial charge in [-0.15, -0.1) is 0 Å². The molecule has 0 saturated carbocycles. The molecule has 0 aliphatic carbocycles. The van der Waals surface area contributed by atoms with Crippen LogP contribution in [-0.4, -0.2) is 75.0 Å². The summed E-state index contributed by atoms with van der Waals surface area (Å²) in [5.41, 5.74) is 0. The molecule has 0 N–H and O–H groups in total. The number of carbonyl (C=O) groups is 3. The predicted molar refractivity (Wildman–Crippen MR) is 88.9 cm³/mol. The first-order valence-corrected chi connectivity index (χ1v) is 8.86. The van der Waals surface area contributed by atoms with Crippen molar-refractivity contribution in [3.63, 3.8) is 0 Å². The van der Waals surface area contributed by atoms with Gasteiger partial charge in [-0.3, -0.25) is 19.3 Å². The lowest BCUT2D eigenvalue weighted by atomic mass is 10.3. The van der Waals surface area contributed by atoms with Crippen molar-refractivity contribution in [2.24, 2.45) is 0 Å². The van der Waals surface area contributed by atoms with Gasteiger partial charge in [0, 0.05) is 25.9 Å². The first-order valence-electron chi connectivity index (χ1n) is 8.86. The molecule has 144 valence electrons. The molecule has 1 fully saturated rings. The second-order valence-electron chi connectivity index (χ2n) is 5.87. The van der Waals surface area contributed by atoms with E-state index in [1.807, 2.05) is 18.7 Å². The molecule has 25 heavy (non-hydrogen) atoms. The molecule has 1 aliphatic rings. The first kappa shape index (κ1) is 21.4. The number of ether oxygens (including phenoxy) is 4. The zero-order chi connectivity index (χ0) is 18.5. The number of hydrogen-bond donors (Lipinski definition) is 0. The van der Waals surface area contributed by atoms with Crippen LogP contribution in [0, 0.1) is 0 Å². The van der Waals surface area contributed by atoms with Crippen LogP contribution in [-0.2, 0) is 33.3 Å². The van der Waals surface area contributed by atoms with E-state index < -0.39 is 18.0 Å². The van der Waals surface area contributed by atoms with Crippen LogP contribution in [0.5, 0.6) is 0 Å². The van der Waals surface area contributed by atoms with E-state index in [1.165, 1.54) is 0 Å². The fourth-order valence-corrected chi connectivity index (χ4v) is 2.20. The predicted octanol–water partition coefficient (Wildman–Crippen LogP) is 0.917. The Kier molecular flexibility index (Phi) is 10.8. The summed E-state index contributed by atoms with van der Waals surface area (Å²) in [6, 6.07) is 0. The van der Waals surface area contributed by atoms with Gasteiger partial charge in [0.05, 0.1) is 19.8 Å². The van der Waals surface area contributed by atoms with Crippen molar-refractivity contribution in [3.8, 4) is 0 Å². The average molecular weight is 359 g/mol. The highest BCUT2D eigenvalue weighted by molar-refractivity contribution is 5.72. The number of hydrogen-bond acceptors (Lipinski definition) is 8. The number of carbonyl (C=O) groups excluding carboxylic acids is 3. The summed E-state index contributed by atoms with van der Waals surface area (Å²) in [4.78, 5) is 37.0. The Morgan fingerprint density at radius 3 is 2.08 bits per heavy atom. The van der Waals surface area contributed by atoms with Crippen molar-refractivity contribution in [2.45, 2.75) is 45.6 Å². The first-order chi connectivity index (χ1) is 12.0. The quantitative estimate of drug-likeness (QED) is 0.397. The molecule has 0 aromatic rings. The van der Waals surface area contributed by atoms with E-state index in [2.05, 4.69) is 0 Å². The van der Waals surface area contributed by atoms with E-state index in [9.17, 15) is 14.4 Å². The molecule has 0 aromatic carbocycles. The summed E-state index contributed by atoms with van der Waals surface area (Å²) in [6.45, 7) is 6.20. The Bertz CT molecular complexity index is 421. The Balaban J connectivity index is 2.40. The summed E-state index contributed by atoms with van der Waals surface area (Å²) in [5, 5.41) is 0. The van der Waals surface area contributed by atoms with Crippen LogP contribution in [0.25, 0.3) is 0 Å². The van der Waals surface area contributed by atoms with E-state index in [-0.39, 0.29) is 32.1 Å². The molecule has 1 aliphatic heterocycles. The van der Waals surface area contributed by atoms with Crippen LogP contribution < -0.4 is 0 Å². The second-order valence-corrected chi connectivity index (χ2v) is 5.87. The van der Waals surface area contributed by atoms with Crippen molar-refractivity contribution in [1.82, 2.24) is 4.90 Å². The summed E-state index contributed by atoms with van der Waals surface area (Å²) < 4.78 is 20.7. The SMILES string of the molecule is CCCC(=O)OCC(COC(=O)CN1CCOCC1)OC(=O)CCC. The minimum absolute atomic E-state index is 0.112. The van der Waals surface area contributed by atoms with Gasteiger partial charge in [-0.25, -0.2) is 0 Å². The minimum Gasteiger partial charge on any atom is -0.462 e. The third-order valence-electron chi connectivity index (χ3n) is 3.52. The molecule has 0 amide bonds. The normalized spacial score (nSPS) is 16.1. The largest absolute Gasteiger partial charge is 0.462 e. The van der Waals surface area contributed by atoms with Crippen molar-refractivity contribution in [3.05, 3.63) is 0 Å². The highest BCUT2D eigenvalue weighted by Crippen LogP contribution is 2.03. The van der Waals surface area contributed by atoms with E-state index >= 15 is 0 Å². The van der Waals surface area contributed by atoms with Crippen LogP contribution in [0.1, 0.15) is 39.5 Å². The van der Waals surface area contributed by atoms with Gasteiger partial charge in [-0.2, -0.15) is 0 Å². The van der Waals surface area contributed by atoms with Crippen LogP contribution in [0.4, 0.5) is 0 Å². The van der Waals surface area contributed by atoms with Crippen molar-refractivity contribution in [2.75, 3.05) is 46.1 Å². The van der Waals surface area contributed by atoms with E-state index in [4.69, 9.17) is 18.9 Å². The molecule has 1 unspecified atom stereocenters. The molecule has 8 heteroatoms. The Morgan fingerprint density at radius 2 is 1.48 bits per heavy atom. The van der Waals surface area contributed by atoms with Gasteiger partial charge in [0.25, 0.3) is 0 Å². The van der Waals surface area contributed by atoms with Crippen molar-refractivity contribution >= 4 is 17.9 Å². The van der Waals surface area contributed by atoms with E-state index in [1.54, 1.807) is 0 Å². The number of morpholine rings is 1. The number of rotatable bonds is 11. The summed E-state index contributed by atoms with van der Waals surface area (Å²) in [6.07, 6.45) is 1.10. The van der Waals surface area contributed by atoms with Crippen molar-refractivity contribution in [1.29, 1.82) is 0 Å². The van der Waals surface area contributed by atoms with Gasteiger partial charge in [0.1, 0.15) is 13.2 Å². The molecule has 0 bridgehead atoms. The fourth-order valence-electron chi connectivity index (χ4n) is 2.20. The lowest BCUT2D eigenvalue weighted by Gasteiger charge is -2.25. The highest BCUT2D eigenvalue weighted by atomic mass is 16.6. The topological polar surface area (TPSA) is 91.4 Å². The molecular weight excluding hydrogens is 330 g/mol. The molecule has 1 heterocycles. The standard InChI is InChI=1S/C17H29NO7/c1-3-5-15(19)23-12-14(25-16(20)6-4-2)13-24-17(21)11-18-7-9-22-10-8-18/h14H,3-13H2,1-2H3. The van der Waals surface area contributed by atoms with Gasteiger partial charge in [-0.1, -0.05) is 13.8 Å². The average Bonchev–Trinajstić information content (AvgIpc) is 2.58. The third kappa shape index (κ3) is 10.0. The van der Waals surface area contributed by atoms with Gasteiger partial charge in [0.2, 0.25) is 0 Å². The molecule has 0 aromatic heterocycles. The maximum atomic E-state index is 11.9. The van der Waals surface area contributed by atoms with Crippen molar-refractivity contribution < 1.29 is 33.3 Å². The Hall–Kier alpha value is -1.67. The van der Waals surface area contributed by atoms with Crippen LogP contribution in [0.15, 0.2) is 0 Å². The van der Waals surface area contributed by atoms with Gasteiger partial charge in [0.15, 0.2) is 6.10 Å². The lowest BCUT2D eigenvalue weighted by Crippen LogP contribution is -2.41.